The highest BCUT2D eigenvalue weighted by Crippen LogP contribution is 2.19. The van der Waals surface area contributed by atoms with Gasteiger partial charge in [0.15, 0.2) is 0 Å². The molecule has 1 N–H and O–H groups in total. The smallest absolute Gasteiger partial charge is 0.248 e. The number of pyridine rings is 1. The highest BCUT2D eigenvalue weighted by molar-refractivity contribution is 14.1. The van der Waals surface area contributed by atoms with Gasteiger partial charge in [-0.15, -0.1) is 0 Å². The molecule has 0 radical (unpaired) electrons. The van der Waals surface area contributed by atoms with Gasteiger partial charge in [-0.25, -0.2) is 4.39 Å². The Balaban J connectivity index is 2.95. The number of nitrogens with one attached hydrogen (secondary N) is 1. The predicted octanol–water partition coefficient (Wildman–Crippen LogP) is 2.27. The molecular formula is C9H5FINO. The zero-order valence-electron chi connectivity index (χ0n) is 6.47. The molecule has 2 aromatic rings. The summed E-state index contributed by atoms with van der Waals surface area (Å²) in [6, 6.07) is 6.14. The minimum absolute atomic E-state index is 0.215. The van der Waals surface area contributed by atoms with Crippen molar-refractivity contribution in [2.45, 2.75) is 0 Å². The lowest BCUT2D eigenvalue weighted by molar-refractivity contribution is 0.632. The molecule has 0 bridgehead atoms. The maximum atomic E-state index is 13.4. The van der Waals surface area contributed by atoms with E-state index in [0.717, 1.165) is 0 Å². The minimum atomic E-state index is -0.283. The maximum absolute atomic E-state index is 13.4. The molecule has 0 spiro atoms. The molecule has 4 heteroatoms. The van der Waals surface area contributed by atoms with Gasteiger partial charge in [0.2, 0.25) is 5.56 Å². The van der Waals surface area contributed by atoms with Crippen molar-refractivity contribution in [3.8, 4) is 0 Å². The monoisotopic (exact) mass is 289 g/mol. The van der Waals surface area contributed by atoms with E-state index in [0.29, 0.717) is 14.5 Å². The second kappa shape index (κ2) is 3.10. The first kappa shape index (κ1) is 8.68. The molecule has 0 saturated heterocycles. The van der Waals surface area contributed by atoms with Crippen LogP contribution in [0.15, 0.2) is 29.1 Å². The molecule has 0 saturated carbocycles. The van der Waals surface area contributed by atoms with Gasteiger partial charge in [-0.1, -0.05) is 0 Å². The Hall–Kier alpha value is -0.910. The van der Waals surface area contributed by atoms with E-state index in [9.17, 15) is 9.18 Å². The van der Waals surface area contributed by atoms with Gasteiger partial charge >= 0.3 is 0 Å². The molecule has 0 atom stereocenters. The summed E-state index contributed by atoms with van der Waals surface area (Å²) in [5.41, 5.74) is 0.318. The van der Waals surface area contributed by atoms with Gasteiger partial charge in [0.25, 0.3) is 0 Å². The third-order valence-electron chi connectivity index (χ3n) is 1.79. The lowest BCUT2D eigenvalue weighted by atomic mass is 10.2. The average Bonchev–Trinajstić information content (AvgIpc) is 2.12. The van der Waals surface area contributed by atoms with E-state index in [4.69, 9.17) is 0 Å². The van der Waals surface area contributed by atoms with Crippen LogP contribution in [0.3, 0.4) is 0 Å². The van der Waals surface area contributed by atoms with Gasteiger partial charge in [0.1, 0.15) is 5.82 Å². The van der Waals surface area contributed by atoms with Crippen LogP contribution < -0.4 is 5.56 Å². The van der Waals surface area contributed by atoms with E-state index in [1.165, 1.54) is 12.1 Å². The quantitative estimate of drug-likeness (QED) is 0.741. The van der Waals surface area contributed by atoms with Crippen LogP contribution in [0.2, 0.25) is 0 Å². The number of hydrogen-bond donors (Lipinski definition) is 1. The van der Waals surface area contributed by atoms with E-state index in [1.54, 1.807) is 12.1 Å². The lowest BCUT2D eigenvalue weighted by Gasteiger charge is -1.99. The van der Waals surface area contributed by atoms with Crippen LogP contribution in [0.25, 0.3) is 10.9 Å². The molecule has 1 heterocycles. The number of benzene rings is 1. The van der Waals surface area contributed by atoms with Gasteiger partial charge in [0, 0.05) is 15.0 Å². The standard InChI is InChI=1S/C9H5FINO/c10-9-5-1-4-8(13)12-7(5)3-2-6(9)11/h1-4H,(H,12,13). The topological polar surface area (TPSA) is 32.9 Å². The third-order valence-corrected chi connectivity index (χ3v) is 2.63. The zero-order chi connectivity index (χ0) is 9.42. The number of aromatic amines is 1. The molecule has 2 nitrogen and oxygen atoms in total. The van der Waals surface area contributed by atoms with Crippen molar-refractivity contribution in [2.24, 2.45) is 0 Å². The van der Waals surface area contributed by atoms with Crippen molar-refractivity contribution in [3.63, 3.8) is 0 Å². The normalized spacial score (nSPS) is 10.6. The number of H-pyrrole nitrogens is 1. The summed E-state index contributed by atoms with van der Waals surface area (Å²) < 4.78 is 14.0. The molecule has 0 aliphatic carbocycles. The fraction of sp³-hybridized carbons (Fsp3) is 0. The van der Waals surface area contributed by atoms with Crippen LogP contribution in [-0.2, 0) is 0 Å². The molecule has 13 heavy (non-hydrogen) atoms. The van der Waals surface area contributed by atoms with Crippen molar-refractivity contribution in [1.82, 2.24) is 4.98 Å². The van der Waals surface area contributed by atoms with Crippen molar-refractivity contribution in [2.75, 3.05) is 0 Å². The molecule has 0 amide bonds. The van der Waals surface area contributed by atoms with Crippen LogP contribution in [0, 0.1) is 9.39 Å². The third kappa shape index (κ3) is 1.46. The number of aromatic nitrogens is 1. The van der Waals surface area contributed by atoms with Crippen molar-refractivity contribution >= 4 is 33.5 Å². The Bertz CT molecular complexity index is 520. The maximum Gasteiger partial charge on any atom is 0.248 e. The number of hydrogen-bond acceptors (Lipinski definition) is 1. The van der Waals surface area contributed by atoms with Gasteiger partial charge in [-0.3, -0.25) is 4.79 Å². The summed E-state index contributed by atoms with van der Waals surface area (Å²) in [5.74, 6) is -0.283. The van der Waals surface area contributed by atoms with E-state index >= 15 is 0 Å². The molecule has 1 aromatic carbocycles. The van der Waals surface area contributed by atoms with Gasteiger partial charge in [-0.2, -0.15) is 0 Å². The highest BCUT2D eigenvalue weighted by atomic mass is 127. The van der Waals surface area contributed by atoms with Crippen LogP contribution in [0.4, 0.5) is 4.39 Å². The van der Waals surface area contributed by atoms with Crippen LogP contribution >= 0.6 is 22.6 Å². The second-order valence-electron chi connectivity index (χ2n) is 2.65. The van der Waals surface area contributed by atoms with Crippen LogP contribution in [-0.4, -0.2) is 4.98 Å². The number of halogens is 2. The Labute approximate surface area is 86.9 Å². The largest absolute Gasteiger partial charge is 0.322 e. The van der Waals surface area contributed by atoms with E-state index < -0.39 is 0 Å². The highest BCUT2D eigenvalue weighted by Gasteiger charge is 2.04. The molecule has 66 valence electrons. The van der Waals surface area contributed by atoms with Gasteiger partial charge in [0.05, 0.1) is 5.52 Å². The number of rotatable bonds is 0. The van der Waals surface area contributed by atoms with E-state index in [1.807, 2.05) is 22.6 Å². The summed E-state index contributed by atoms with van der Waals surface area (Å²) in [4.78, 5) is 13.5. The number of fused-ring (bicyclic) bond motifs is 1. The molecule has 0 aliphatic rings. The predicted molar refractivity (Wildman–Crippen MR) is 57.2 cm³/mol. The minimum Gasteiger partial charge on any atom is -0.322 e. The molecule has 0 fully saturated rings. The van der Waals surface area contributed by atoms with E-state index in [-0.39, 0.29) is 11.4 Å². The average molecular weight is 289 g/mol. The first-order chi connectivity index (χ1) is 6.18. The summed E-state index contributed by atoms with van der Waals surface area (Å²) >= 11 is 1.91. The van der Waals surface area contributed by atoms with Crippen LogP contribution in [0.5, 0.6) is 0 Å². The Morgan fingerprint density at radius 3 is 2.77 bits per heavy atom. The second-order valence-corrected chi connectivity index (χ2v) is 3.81. The lowest BCUT2D eigenvalue weighted by Crippen LogP contribution is -2.03. The summed E-state index contributed by atoms with van der Waals surface area (Å²) in [6.07, 6.45) is 0. The van der Waals surface area contributed by atoms with Crippen molar-refractivity contribution in [1.29, 1.82) is 0 Å². The first-order valence-electron chi connectivity index (χ1n) is 3.65. The SMILES string of the molecule is O=c1ccc2c(F)c(I)ccc2[nH]1. The molecule has 0 aliphatic heterocycles. The summed E-state index contributed by atoms with van der Waals surface area (Å²) in [5, 5.41) is 0.450. The molecule has 2 rings (SSSR count). The molecule has 1 aromatic heterocycles. The summed E-state index contributed by atoms with van der Waals surface area (Å²) in [6.45, 7) is 0. The Morgan fingerprint density at radius 2 is 2.00 bits per heavy atom. The van der Waals surface area contributed by atoms with Crippen molar-refractivity contribution < 1.29 is 4.39 Å². The first-order valence-corrected chi connectivity index (χ1v) is 4.73. The summed E-state index contributed by atoms with van der Waals surface area (Å²) in [7, 11) is 0. The fourth-order valence-electron chi connectivity index (χ4n) is 1.17. The van der Waals surface area contributed by atoms with Crippen LogP contribution in [0.1, 0.15) is 0 Å². The van der Waals surface area contributed by atoms with Gasteiger partial charge in [-0.05, 0) is 40.8 Å². The van der Waals surface area contributed by atoms with Gasteiger partial charge < -0.3 is 4.98 Å². The fourth-order valence-corrected chi connectivity index (χ4v) is 1.64. The van der Waals surface area contributed by atoms with Crippen molar-refractivity contribution in [3.05, 3.63) is 44.0 Å². The molecular weight excluding hydrogens is 284 g/mol. The molecule has 0 unspecified atom stereocenters. The Morgan fingerprint density at radius 1 is 1.23 bits per heavy atom. The Kier molecular flexibility index (Phi) is 2.07. The van der Waals surface area contributed by atoms with E-state index in [2.05, 4.69) is 4.98 Å². The zero-order valence-corrected chi connectivity index (χ0v) is 8.63.